The Hall–Kier alpha value is -2.83. The Kier molecular flexibility index (Phi) is 5.72. The zero-order valence-corrected chi connectivity index (χ0v) is 16.7. The molecule has 3 aromatic rings. The number of hydrogen-bond acceptors (Lipinski definition) is 3. The number of nitro benzene ring substituents is 1. The Morgan fingerprint density at radius 3 is 2.18 bits per heavy atom. The van der Waals surface area contributed by atoms with Gasteiger partial charge in [-0.2, -0.15) is 0 Å². The summed E-state index contributed by atoms with van der Waals surface area (Å²) in [7, 11) is 0. The van der Waals surface area contributed by atoms with Crippen molar-refractivity contribution in [3.8, 4) is 0 Å². The molecule has 28 heavy (non-hydrogen) atoms. The first-order chi connectivity index (χ1) is 13.3. The second kappa shape index (κ2) is 8.04. The number of aromatic nitrogens is 1. The van der Waals surface area contributed by atoms with E-state index in [1.165, 1.54) is 24.3 Å². The van der Waals surface area contributed by atoms with Gasteiger partial charge in [0.25, 0.3) is 11.6 Å². The van der Waals surface area contributed by atoms with Gasteiger partial charge in [0.05, 0.1) is 11.5 Å². The largest absolute Gasteiger partial charge is 0.273 e. The molecule has 0 atom stereocenters. The molecule has 3 rings (SSSR count). The molecule has 0 aliphatic heterocycles. The minimum atomic E-state index is -0.500. The van der Waals surface area contributed by atoms with Crippen LogP contribution in [0.15, 0.2) is 54.6 Å². The van der Waals surface area contributed by atoms with Crippen molar-refractivity contribution in [3.63, 3.8) is 0 Å². The van der Waals surface area contributed by atoms with E-state index in [0.29, 0.717) is 15.6 Å². The number of nitrogens with zero attached hydrogens (tertiary/aromatic N) is 3. The van der Waals surface area contributed by atoms with E-state index in [1.807, 2.05) is 26.0 Å². The zero-order valence-electron chi connectivity index (χ0n) is 15.2. The van der Waals surface area contributed by atoms with E-state index in [2.05, 4.69) is 0 Å². The highest BCUT2D eigenvalue weighted by molar-refractivity contribution is 6.35. The maximum absolute atomic E-state index is 13.3. The van der Waals surface area contributed by atoms with Gasteiger partial charge in [0.15, 0.2) is 0 Å². The molecule has 0 aliphatic carbocycles. The van der Waals surface area contributed by atoms with Gasteiger partial charge in [-0.05, 0) is 55.8 Å². The minimum Gasteiger partial charge on any atom is -0.267 e. The summed E-state index contributed by atoms with van der Waals surface area (Å²) in [5.74, 6) is -0.302. The standard InChI is InChI=1S/C20H17Cl2N3O3/c1-13-3-4-14(2)24(13)23(12-16-5-8-17(21)11-19(16)22)20(26)15-6-9-18(10-7-15)25(27)28/h3-11H,12H2,1-2H3. The van der Waals surface area contributed by atoms with Crippen LogP contribution >= 0.6 is 23.2 Å². The second-order valence-corrected chi connectivity index (χ2v) is 7.17. The summed E-state index contributed by atoms with van der Waals surface area (Å²) in [5.41, 5.74) is 2.74. The van der Waals surface area contributed by atoms with Gasteiger partial charge in [-0.3, -0.25) is 19.6 Å². The quantitative estimate of drug-likeness (QED) is 0.417. The van der Waals surface area contributed by atoms with E-state index < -0.39 is 4.92 Å². The summed E-state index contributed by atoms with van der Waals surface area (Å²) in [4.78, 5) is 23.7. The number of benzene rings is 2. The molecule has 0 spiro atoms. The van der Waals surface area contributed by atoms with Crippen LogP contribution in [-0.2, 0) is 6.54 Å². The summed E-state index contributed by atoms with van der Waals surface area (Å²) in [5, 5.41) is 13.4. The number of non-ortho nitro benzene ring substituents is 1. The van der Waals surface area contributed by atoms with Crippen molar-refractivity contribution in [2.45, 2.75) is 20.4 Å². The maximum Gasteiger partial charge on any atom is 0.273 e. The first kappa shape index (κ1) is 19.9. The van der Waals surface area contributed by atoms with Gasteiger partial charge in [-0.1, -0.05) is 29.3 Å². The Bertz CT molecular complexity index is 1030. The number of hydrogen-bond donors (Lipinski definition) is 0. The second-order valence-electron chi connectivity index (χ2n) is 6.33. The third-order valence-electron chi connectivity index (χ3n) is 4.37. The first-order valence-corrected chi connectivity index (χ1v) is 9.19. The van der Waals surface area contributed by atoms with Crippen LogP contribution in [0.4, 0.5) is 5.69 Å². The number of carbonyl (C=O) groups excluding carboxylic acids is 1. The molecule has 1 amide bonds. The van der Waals surface area contributed by atoms with Crippen LogP contribution in [0.2, 0.25) is 10.0 Å². The number of carbonyl (C=O) groups is 1. The average molecular weight is 418 g/mol. The summed E-state index contributed by atoms with van der Waals surface area (Å²) in [6.07, 6.45) is 0. The molecule has 0 saturated carbocycles. The van der Waals surface area contributed by atoms with Gasteiger partial charge in [0.2, 0.25) is 0 Å². The van der Waals surface area contributed by atoms with Gasteiger partial charge < -0.3 is 0 Å². The third-order valence-corrected chi connectivity index (χ3v) is 4.96. The summed E-state index contributed by atoms with van der Waals surface area (Å²) >= 11 is 12.3. The Morgan fingerprint density at radius 2 is 1.64 bits per heavy atom. The topological polar surface area (TPSA) is 68.4 Å². The summed E-state index contributed by atoms with van der Waals surface area (Å²) < 4.78 is 1.80. The predicted octanol–water partition coefficient (Wildman–Crippen LogP) is 5.30. The van der Waals surface area contributed by atoms with E-state index in [0.717, 1.165) is 17.0 Å². The molecule has 0 saturated heterocycles. The lowest BCUT2D eigenvalue weighted by Gasteiger charge is -2.27. The number of aryl methyl sites for hydroxylation is 2. The van der Waals surface area contributed by atoms with E-state index in [9.17, 15) is 14.9 Å². The van der Waals surface area contributed by atoms with Gasteiger partial charge in [-0.15, -0.1) is 0 Å². The van der Waals surface area contributed by atoms with Crippen molar-refractivity contribution < 1.29 is 9.72 Å². The highest BCUT2D eigenvalue weighted by Crippen LogP contribution is 2.24. The van der Waals surface area contributed by atoms with Gasteiger partial charge >= 0.3 is 0 Å². The number of nitro groups is 1. The molecule has 0 N–H and O–H groups in total. The molecule has 8 heteroatoms. The fourth-order valence-electron chi connectivity index (χ4n) is 2.96. The molecule has 0 aliphatic rings. The van der Waals surface area contributed by atoms with Crippen molar-refractivity contribution in [1.29, 1.82) is 0 Å². The van der Waals surface area contributed by atoms with Crippen LogP contribution in [0.5, 0.6) is 0 Å². The maximum atomic E-state index is 13.3. The average Bonchev–Trinajstić information content (AvgIpc) is 2.99. The fraction of sp³-hybridized carbons (Fsp3) is 0.150. The van der Waals surface area contributed by atoms with Crippen molar-refractivity contribution in [3.05, 3.63) is 97.3 Å². The zero-order chi connectivity index (χ0) is 20.4. The molecule has 2 aromatic carbocycles. The molecule has 1 aromatic heterocycles. The molecule has 0 radical (unpaired) electrons. The summed E-state index contributed by atoms with van der Waals surface area (Å²) in [6, 6.07) is 14.5. The molecular formula is C20H17Cl2N3O3. The minimum absolute atomic E-state index is 0.0721. The number of halogens is 2. The lowest BCUT2D eigenvalue weighted by molar-refractivity contribution is -0.384. The van der Waals surface area contributed by atoms with Gasteiger partial charge in [0.1, 0.15) is 0 Å². The SMILES string of the molecule is Cc1ccc(C)n1N(Cc1ccc(Cl)cc1Cl)C(=O)c1ccc([N+](=O)[O-])cc1. The van der Waals surface area contributed by atoms with Gasteiger partial charge in [-0.25, -0.2) is 5.01 Å². The van der Waals surface area contributed by atoms with Crippen molar-refractivity contribution in [2.24, 2.45) is 0 Å². The molecule has 0 bridgehead atoms. The molecule has 144 valence electrons. The Morgan fingerprint density at radius 1 is 1.04 bits per heavy atom. The van der Waals surface area contributed by atoms with Crippen LogP contribution in [0.3, 0.4) is 0 Å². The van der Waals surface area contributed by atoms with Crippen molar-refractivity contribution in [2.75, 3.05) is 5.01 Å². The molecule has 0 fully saturated rings. The predicted molar refractivity (Wildman–Crippen MR) is 110 cm³/mol. The Labute approximate surface area is 172 Å². The summed E-state index contributed by atoms with van der Waals surface area (Å²) in [6.45, 7) is 4.00. The van der Waals surface area contributed by atoms with Crippen LogP contribution in [0, 0.1) is 24.0 Å². The normalized spacial score (nSPS) is 10.7. The molecule has 1 heterocycles. The van der Waals surface area contributed by atoms with Gasteiger partial charge in [0, 0.05) is 39.1 Å². The van der Waals surface area contributed by atoms with E-state index in [4.69, 9.17) is 23.2 Å². The van der Waals surface area contributed by atoms with E-state index >= 15 is 0 Å². The number of amides is 1. The first-order valence-electron chi connectivity index (χ1n) is 8.43. The highest BCUT2D eigenvalue weighted by atomic mass is 35.5. The molecular weight excluding hydrogens is 401 g/mol. The third kappa shape index (κ3) is 4.03. The Balaban J connectivity index is 2.03. The van der Waals surface area contributed by atoms with Crippen LogP contribution in [0.1, 0.15) is 27.3 Å². The van der Waals surface area contributed by atoms with Crippen molar-refractivity contribution in [1.82, 2.24) is 4.68 Å². The van der Waals surface area contributed by atoms with Crippen LogP contribution in [0.25, 0.3) is 0 Å². The lowest BCUT2D eigenvalue weighted by Crippen LogP contribution is -2.41. The molecule has 0 unspecified atom stereocenters. The highest BCUT2D eigenvalue weighted by Gasteiger charge is 2.22. The van der Waals surface area contributed by atoms with Crippen LogP contribution < -0.4 is 5.01 Å². The smallest absolute Gasteiger partial charge is 0.267 e. The lowest BCUT2D eigenvalue weighted by atomic mass is 10.1. The van der Waals surface area contributed by atoms with Crippen molar-refractivity contribution >= 4 is 34.8 Å². The van der Waals surface area contributed by atoms with E-state index in [1.54, 1.807) is 27.9 Å². The fourth-order valence-corrected chi connectivity index (χ4v) is 3.43. The van der Waals surface area contributed by atoms with E-state index in [-0.39, 0.29) is 18.1 Å². The number of rotatable bonds is 5. The van der Waals surface area contributed by atoms with Crippen LogP contribution in [-0.4, -0.2) is 15.5 Å². The monoisotopic (exact) mass is 417 g/mol. The molecule has 6 nitrogen and oxygen atoms in total.